The van der Waals surface area contributed by atoms with Crippen LogP contribution in [0.4, 0.5) is 0 Å². The lowest BCUT2D eigenvalue weighted by molar-refractivity contribution is 0.710. The molecule has 1 atom stereocenters. The molecule has 64 valence electrons. The minimum Gasteiger partial charge on any atom is -0.0887 e. The van der Waals surface area contributed by atoms with Crippen LogP contribution in [-0.4, -0.2) is 0 Å². The van der Waals surface area contributed by atoms with Crippen LogP contribution in [0.25, 0.3) is 0 Å². The summed E-state index contributed by atoms with van der Waals surface area (Å²) in [6.45, 7) is 10.9. The van der Waals surface area contributed by atoms with Gasteiger partial charge in [0.15, 0.2) is 0 Å². The predicted molar refractivity (Wildman–Crippen MR) is 52.6 cm³/mol. The molecule has 0 amide bonds. The van der Waals surface area contributed by atoms with E-state index in [1.807, 2.05) is 0 Å². The highest BCUT2D eigenvalue weighted by Gasteiger charge is 1.97. The SMILES string of the molecule is C/C=C(\C)CC(C)C=C(C)C. The topological polar surface area (TPSA) is 0 Å². The van der Waals surface area contributed by atoms with Gasteiger partial charge < -0.3 is 0 Å². The highest BCUT2D eigenvalue weighted by molar-refractivity contribution is 5.03. The van der Waals surface area contributed by atoms with Gasteiger partial charge in [-0.3, -0.25) is 0 Å². The van der Waals surface area contributed by atoms with E-state index in [-0.39, 0.29) is 0 Å². The van der Waals surface area contributed by atoms with E-state index < -0.39 is 0 Å². The molecule has 1 unspecified atom stereocenters. The molecule has 0 rings (SSSR count). The molecule has 0 aromatic heterocycles. The fraction of sp³-hybridized carbons (Fsp3) is 0.636. The van der Waals surface area contributed by atoms with Gasteiger partial charge in [-0.25, -0.2) is 0 Å². The van der Waals surface area contributed by atoms with Gasteiger partial charge in [0.1, 0.15) is 0 Å². The van der Waals surface area contributed by atoms with Crippen LogP contribution in [0, 0.1) is 5.92 Å². The van der Waals surface area contributed by atoms with Crippen molar-refractivity contribution < 1.29 is 0 Å². The Labute approximate surface area is 71.0 Å². The van der Waals surface area contributed by atoms with Gasteiger partial charge in [-0.2, -0.15) is 0 Å². The molecule has 0 heterocycles. The molecule has 0 N–H and O–H groups in total. The summed E-state index contributed by atoms with van der Waals surface area (Å²) in [4.78, 5) is 0. The zero-order valence-electron chi connectivity index (χ0n) is 8.44. The van der Waals surface area contributed by atoms with E-state index in [4.69, 9.17) is 0 Å². The zero-order valence-corrected chi connectivity index (χ0v) is 8.44. The Morgan fingerprint density at radius 2 is 1.82 bits per heavy atom. The summed E-state index contributed by atoms with van der Waals surface area (Å²) >= 11 is 0. The predicted octanol–water partition coefficient (Wildman–Crippen LogP) is 3.95. The highest BCUT2D eigenvalue weighted by Crippen LogP contribution is 2.13. The van der Waals surface area contributed by atoms with Crippen molar-refractivity contribution in [3.05, 3.63) is 23.3 Å². The second kappa shape index (κ2) is 5.17. The first-order valence-corrected chi connectivity index (χ1v) is 4.33. The van der Waals surface area contributed by atoms with Crippen LogP contribution in [0.5, 0.6) is 0 Å². The summed E-state index contributed by atoms with van der Waals surface area (Å²) in [5.41, 5.74) is 2.90. The third kappa shape index (κ3) is 5.90. The summed E-state index contributed by atoms with van der Waals surface area (Å²) < 4.78 is 0. The average Bonchev–Trinajstić information content (AvgIpc) is 1.85. The van der Waals surface area contributed by atoms with Crippen molar-refractivity contribution in [2.45, 2.75) is 41.0 Å². The van der Waals surface area contributed by atoms with Gasteiger partial charge in [-0.15, -0.1) is 0 Å². The van der Waals surface area contributed by atoms with E-state index in [1.54, 1.807) is 0 Å². The first-order valence-electron chi connectivity index (χ1n) is 4.33. The standard InChI is InChI=1S/C11H20/c1-6-10(4)8-11(5)7-9(2)3/h6-7,11H,8H2,1-5H3/b10-6+. The molecule has 0 nitrogen and oxygen atoms in total. The molecule has 0 aromatic rings. The number of rotatable bonds is 3. The maximum absolute atomic E-state index is 2.33. The second-order valence-corrected chi connectivity index (χ2v) is 3.56. The van der Waals surface area contributed by atoms with Crippen molar-refractivity contribution in [1.82, 2.24) is 0 Å². The summed E-state index contributed by atoms with van der Waals surface area (Å²) in [6.07, 6.45) is 5.71. The van der Waals surface area contributed by atoms with E-state index in [9.17, 15) is 0 Å². The van der Waals surface area contributed by atoms with Crippen LogP contribution in [0.2, 0.25) is 0 Å². The molecular weight excluding hydrogens is 132 g/mol. The molecule has 0 bridgehead atoms. The van der Waals surface area contributed by atoms with E-state index in [2.05, 4.69) is 46.8 Å². The average molecular weight is 152 g/mol. The molecule has 0 heteroatoms. The minimum atomic E-state index is 0.691. The first-order chi connectivity index (χ1) is 5.06. The van der Waals surface area contributed by atoms with Gasteiger partial charge in [0.25, 0.3) is 0 Å². The van der Waals surface area contributed by atoms with Gasteiger partial charge in [-0.1, -0.05) is 30.2 Å². The van der Waals surface area contributed by atoms with E-state index in [0.717, 1.165) is 0 Å². The van der Waals surface area contributed by atoms with Crippen LogP contribution < -0.4 is 0 Å². The van der Waals surface area contributed by atoms with E-state index >= 15 is 0 Å². The Morgan fingerprint density at radius 3 is 2.18 bits per heavy atom. The number of hydrogen-bond acceptors (Lipinski definition) is 0. The van der Waals surface area contributed by atoms with Crippen LogP contribution in [0.1, 0.15) is 41.0 Å². The Morgan fingerprint density at radius 1 is 1.27 bits per heavy atom. The first kappa shape index (κ1) is 10.5. The monoisotopic (exact) mass is 152 g/mol. The maximum atomic E-state index is 2.33. The molecule has 0 radical (unpaired) electrons. The Kier molecular flexibility index (Phi) is 4.93. The molecule has 0 saturated heterocycles. The Bertz CT molecular complexity index is 157. The summed E-state index contributed by atoms with van der Waals surface area (Å²) in [7, 11) is 0. The number of allylic oxidation sites excluding steroid dienone is 4. The largest absolute Gasteiger partial charge is 0.0887 e. The lowest BCUT2D eigenvalue weighted by Gasteiger charge is -2.06. The van der Waals surface area contributed by atoms with Crippen LogP contribution in [0.3, 0.4) is 0 Å². The van der Waals surface area contributed by atoms with Gasteiger partial charge in [0.05, 0.1) is 0 Å². The van der Waals surface area contributed by atoms with Gasteiger partial charge in [0.2, 0.25) is 0 Å². The maximum Gasteiger partial charge on any atom is -0.0222 e. The quantitative estimate of drug-likeness (QED) is 0.537. The zero-order chi connectivity index (χ0) is 8.85. The molecule has 0 aliphatic heterocycles. The lowest BCUT2D eigenvalue weighted by atomic mass is 10.0. The molecule has 0 spiro atoms. The van der Waals surface area contributed by atoms with Crippen molar-refractivity contribution in [2.75, 3.05) is 0 Å². The third-order valence-corrected chi connectivity index (χ3v) is 1.75. The molecular formula is C11H20. The molecule has 0 aliphatic carbocycles. The molecule has 0 aromatic carbocycles. The van der Waals surface area contributed by atoms with Crippen molar-refractivity contribution in [2.24, 2.45) is 5.92 Å². The van der Waals surface area contributed by atoms with E-state index in [1.165, 1.54) is 17.6 Å². The molecule has 0 saturated carbocycles. The molecule has 0 aliphatic rings. The van der Waals surface area contributed by atoms with Crippen molar-refractivity contribution in [3.63, 3.8) is 0 Å². The molecule has 0 fully saturated rings. The summed E-state index contributed by atoms with van der Waals surface area (Å²) in [6, 6.07) is 0. The van der Waals surface area contributed by atoms with Crippen LogP contribution in [-0.2, 0) is 0 Å². The normalized spacial score (nSPS) is 14.5. The fourth-order valence-electron chi connectivity index (χ4n) is 1.25. The van der Waals surface area contributed by atoms with Gasteiger partial charge >= 0.3 is 0 Å². The van der Waals surface area contributed by atoms with Gasteiger partial charge in [-0.05, 0) is 40.0 Å². The lowest BCUT2D eigenvalue weighted by Crippen LogP contribution is -1.91. The van der Waals surface area contributed by atoms with Crippen LogP contribution in [0.15, 0.2) is 23.3 Å². The highest BCUT2D eigenvalue weighted by atomic mass is 14.0. The summed E-state index contributed by atoms with van der Waals surface area (Å²) in [5, 5.41) is 0. The smallest absolute Gasteiger partial charge is 0.0222 e. The second-order valence-electron chi connectivity index (χ2n) is 3.56. The Hall–Kier alpha value is -0.520. The minimum absolute atomic E-state index is 0.691. The number of hydrogen-bond donors (Lipinski definition) is 0. The van der Waals surface area contributed by atoms with Crippen molar-refractivity contribution in [1.29, 1.82) is 0 Å². The van der Waals surface area contributed by atoms with Crippen LogP contribution >= 0.6 is 0 Å². The third-order valence-electron chi connectivity index (χ3n) is 1.75. The fourth-order valence-corrected chi connectivity index (χ4v) is 1.25. The van der Waals surface area contributed by atoms with E-state index in [0.29, 0.717) is 5.92 Å². The molecule has 11 heavy (non-hydrogen) atoms. The van der Waals surface area contributed by atoms with Crippen molar-refractivity contribution >= 4 is 0 Å². The van der Waals surface area contributed by atoms with Crippen molar-refractivity contribution in [3.8, 4) is 0 Å². The summed E-state index contributed by atoms with van der Waals surface area (Å²) in [5.74, 6) is 0.691. The van der Waals surface area contributed by atoms with Gasteiger partial charge in [0, 0.05) is 0 Å². The Balaban J connectivity index is 3.88.